The number of unbranched alkanes of at least 4 members (excludes halogenated alkanes) is 1. The van der Waals surface area contributed by atoms with Crippen LogP contribution in [0, 0.1) is 0 Å². The van der Waals surface area contributed by atoms with Crippen LogP contribution in [0.2, 0.25) is 19.6 Å². The van der Waals surface area contributed by atoms with E-state index < -0.39 is 21.8 Å². The summed E-state index contributed by atoms with van der Waals surface area (Å²) in [4.78, 5) is 0. The van der Waals surface area contributed by atoms with Crippen LogP contribution in [-0.4, -0.2) is 27.4 Å². The minimum Gasteiger partial charge on any atom is -0.404 e. The molecule has 1 atom stereocenters. The van der Waals surface area contributed by atoms with Crippen LogP contribution < -0.4 is 0 Å². The molecule has 4 nitrogen and oxygen atoms in total. The molecule has 6 heteroatoms. The lowest BCUT2D eigenvalue weighted by Gasteiger charge is -2.31. The van der Waals surface area contributed by atoms with Crippen molar-refractivity contribution in [2.45, 2.75) is 65.5 Å². The van der Waals surface area contributed by atoms with E-state index in [1.54, 1.807) is 0 Å². The summed E-state index contributed by atoms with van der Waals surface area (Å²) in [5.74, 6) is -0.413. The summed E-state index contributed by atoms with van der Waals surface area (Å²) in [5, 5.41) is 0. The molecule has 0 fully saturated rings. The van der Waals surface area contributed by atoms with Gasteiger partial charge in [0, 0.05) is 0 Å². The van der Waals surface area contributed by atoms with Gasteiger partial charge in [0.25, 0.3) is 0 Å². The molecule has 0 saturated carbocycles. The van der Waals surface area contributed by atoms with E-state index in [-0.39, 0.29) is 0 Å². The van der Waals surface area contributed by atoms with Gasteiger partial charge in [-0.05, 0) is 39.9 Å². The van der Waals surface area contributed by atoms with E-state index >= 15 is 0 Å². The molecular formula is C12H29O4PSi. The molecule has 0 N–H and O–H groups in total. The van der Waals surface area contributed by atoms with Crippen molar-refractivity contribution < 1.29 is 18.0 Å². The lowest BCUT2D eigenvalue weighted by atomic mass is 10.3. The van der Waals surface area contributed by atoms with E-state index in [1.807, 2.05) is 13.8 Å². The maximum absolute atomic E-state index is 12.7. The molecule has 0 aliphatic heterocycles. The van der Waals surface area contributed by atoms with Gasteiger partial charge in [0.2, 0.25) is 0 Å². The van der Waals surface area contributed by atoms with Crippen LogP contribution in [-0.2, 0) is 18.0 Å². The van der Waals surface area contributed by atoms with Crippen LogP contribution in [0.1, 0.15) is 40.0 Å². The zero-order valence-corrected chi connectivity index (χ0v) is 14.6. The molecule has 0 rings (SSSR count). The molecular weight excluding hydrogens is 267 g/mol. The Morgan fingerprint density at radius 2 is 1.56 bits per heavy atom. The van der Waals surface area contributed by atoms with Gasteiger partial charge in [-0.1, -0.05) is 19.8 Å². The summed E-state index contributed by atoms with van der Waals surface area (Å²) >= 11 is 0. The zero-order valence-electron chi connectivity index (χ0n) is 12.7. The Labute approximate surface area is 113 Å². The number of hydrogen-bond acceptors (Lipinski definition) is 4. The summed E-state index contributed by atoms with van der Waals surface area (Å²) in [7, 11) is -4.91. The quantitative estimate of drug-likeness (QED) is 0.436. The van der Waals surface area contributed by atoms with Crippen molar-refractivity contribution in [2.75, 3.05) is 13.2 Å². The minimum absolute atomic E-state index is 0.384. The molecule has 0 saturated heterocycles. The third-order valence-electron chi connectivity index (χ3n) is 2.27. The fraction of sp³-hybridized carbons (Fsp3) is 1.00. The Hall–Kier alpha value is 0.327. The average molecular weight is 296 g/mol. The molecule has 0 bridgehead atoms. The molecule has 18 heavy (non-hydrogen) atoms. The first kappa shape index (κ1) is 18.3. The third-order valence-corrected chi connectivity index (χ3v) is 5.76. The molecule has 0 heterocycles. The van der Waals surface area contributed by atoms with Crippen LogP contribution in [0.4, 0.5) is 0 Å². The summed E-state index contributed by atoms with van der Waals surface area (Å²) in [6.45, 7) is 12.8. The summed E-state index contributed by atoms with van der Waals surface area (Å²) in [6.07, 6.45) is 2.75. The van der Waals surface area contributed by atoms with E-state index in [1.165, 1.54) is 0 Å². The monoisotopic (exact) mass is 296 g/mol. The highest BCUT2D eigenvalue weighted by molar-refractivity contribution is 7.54. The Bertz CT molecular complexity index is 255. The fourth-order valence-electron chi connectivity index (χ4n) is 1.63. The van der Waals surface area contributed by atoms with Gasteiger partial charge in [-0.25, -0.2) is 0 Å². The molecule has 0 aliphatic rings. The molecule has 0 spiro atoms. The summed E-state index contributed by atoms with van der Waals surface area (Å²) in [6, 6.07) is 0. The highest BCUT2D eigenvalue weighted by atomic mass is 31.2. The highest BCUT2D eigenvalue weighted by Crippen LogP contribution is 2.55. The van der Waals surface area contributed by atoms with Crippen LogP contribution in [0.5, 0.6) is 0 Å². The van der Waals surface area contributed by atoms with Crippen molar-refractivity contribution >= 4 is 15.9 Å². The second-order valence-corrected chi connectivity index (χ2v) is 11.8. The van der Waals surface area contributed by atoms with Gasteiger partial charge in [-0.2, -0.15) is 0 Å². The van der Waals surface area contributed by atoms with Crippen molar-refractivity contribution in [1.82, 2.24) is 0 Å². The topological polar surface area (TPSA) is 44.8 Å². The minimum atomic E-state index is -3.14. The maximum Gasteiger partial charge on any atom is 0.357 e. The SMILES string of the molecule is CCCCC(O[Si](C)(C)C)P(=O)(OCC)OCC. The third kappa shape index (κ3) is 7.05. The maximum atomic E-state index is 12.7. The molecule has 110 valence electrons. The molecule has 0 aliphatic carbocycles. The highest BCUT2D eigenvalue weighted by Gasteiger charge is 2.38. The van der Waals surface area contributed by atoms with E-state index in [2.05, 4.69) is 26.6 Å². The van der Waals surface area contributed by atoms with Crippen molar-refractivity contribution in [3.05, 3.63) is 0 Å². The van der Waals surface area contributed by atoms with Crippen molar-refractivity contribution in [1.29, 1.82) is 0 Å². The van der Waals surface area contributed by atoms with Gasteiger partial charge in [-0.3, -0.25) is 4.57 Å². The van der Waals surface area contributed by atoms with Crippen molar-refractivity contribution in [3.63, 3.8) is 0 Å². The smallest absolute Gasteiger partial charge is 0.357 e. The summed E-state index contributed by atoms with van der Waals surface area (Å²) < 4.78 is 29.6. The molecule has 0 aromatic carbocycles. The van der Waals surface area contributed by atoms with Gasteiger partial charge >= 0.3 is 7.60 Å². The Morgan fingerprint density at radius 3 is 1.89 bits per heavy atom. The van der Waals surface area contributed by atoms with E-state index in [4.69, 9.17) is 13.5 Å². The van der Waals surface area contributed by atoms with Crippen LogP contribution in [0.25, 0.3) is 0 Å². The van der Waals surface area contributed by atoms with Crippen LogP contribution in [0.15, 0.2) is 0 Å². The Morgan fingerprint density at radius 1 is 1.06 bits per heavy atom. The Balaban J connectivity index is 4.91. The predicted octanol–water partition coefficient (Wildman–Crippen LogP) is 4.62. The first-order valence-electron chi connectivity index (χ1n) is 6.85. The second kappa shape index (κ2) is 8.49. The summed E-state index contributed by atoms with van der Waals surface area (Å²) in [5.41, 5.74) is 0. The lowest BCUT2D eigenvalue weighted by Crippen LogP contribution is -2.33. The lowest BCUT2D eigenvalue weighted by molar-refractivity contribution is 0.152. The van der Waals surface area contributed by atoms with E-state index in [0.29, 0.717) is 13.2 Å². The van der Waals surface area contributed by atoms with E-state index in [9.17, 15) is 4.57 Å². The predicted molar refractivity (Wildman–Crippen MR) is 78.6 cm³/mol. The van der Waals surface area contributed by atoms with E-state index in [0.717, 1.165) is 19.3 Å². The van der Waals surface area contributed by atoms with Crippen molar-refractivity contribution in [3.8, 4) is 0 Å². The molecule has 1 unspecified atom stereocenters. The Kier molecular flexibility index (Phi) is 8.64. The van der Waals surface area contributed by atoms with Gasteiger partial charge in [-0.15, -0.1) is 0 Å². The first-order chi connectivity index (χ1) is 8.29. The van der Waals surface area contributed by atoms with Gasteiger partial charge in [0.05, 0.1) is 13.2 Å². The fourth-order valence-corrected chi connectivity index (χ4v) is 5.66. The largest absolute Gasteiger partial charge is 0.404 e. The molecule has 0 aromatic heterocycles. The van der Waals surface area contributed by atoms with Gasteiger partial charge in [0.15, 0.2) is 8.32 Å². The molecule has 0 amide bonds. The van der Waals surface area contributed by atoms with Crippen LogP contribution in [0.3, 0.4) is 0 Å². The average Bonchev–Trinajstić information content (AvgIpc) is 2.23. The van der Waals surface area contributed by atoms with Gasteiger partial charge in [0.1, 0.15) is 5.85 Å². The number of hydrogen-bond donors (Lipinski definition) is 0. The van der Waals surface area contributed by atoms with Gasteiger partial charge < -0.3 is 13.5 Å². The molecule has 0 radical (unpaired) electrons. The second-order valence-electron chi connectivity index (χ2n) is 5.20. The normalized spacial score (nSPS) is 14.8. The van der Waals surface area contributed by atoms with Crippen LogP contribution >= 0.6 is 7.60 Å². The van der Waals surface area contributed by atoms with Crippen molar-refractivity contribution in [2.24, 2.45) is 0 Å². The standard InChI is InChI=1S/C12H29O4PSi/c1-7-10-11-12(16-18(4,5)6)17(13,14-8-2)15-9-3/h12H,7-11H2,1-6H3. The molecule has 0 aromatic rings. The first-order valence-corrected chi connectivity index (χ1v) is 11.9. The zero-order chi connectivity index (χ0) is 14.2. The number of rotatable bonds is 10.